The summed E-state index contributed by atoms with van der Waals surface area (Å²) in [6.07, 6.45) is 16.4. The number of carboxylic acids is 1. The van der Waals surface area contributed by atoms with E-state index < -0.39 is 5.97 Å². The summed E-state index contributed by atoms with van der Waals surface area (Å²) in [6.45, 7) is 25.8. The molecule has 1 rings (SSSR count). The predicted octanol–water partition coefficient (Wildman–Crippen LogP) is 11.3. The molecule has 0 aromatic heterocycles. The van der Waals surface area contributed by atoms with Gasteiger partial charge >= 0.3 is 0 Å². The quantitative estimate of drug-likeness (QED) is 0.190. The third-order valence-corrected chi connectivity index (χ3v) is 5.19. The van der Waals surface area contributed by atoms with Crippen LogP contribution in [-0.4, -0.2) is 21.3 Å². The molecule has 0 saturated heterocycles. The fourth-order valence-electron chi connectivity index (χ4n) is 3.26. The van der Waals surface area contributed by atoms with Gasteiger partial charge in [-0.25, -0.2) is 0 Å². The molecule has 1 aromatic carbocycles. The number of phenols is 2. The highest BCUT2D eigenvalue weighted by atomic mass is 16.4. The first-order chi connectivity index (χ1) is 18.4. The van der Waals surface area contributed by atoms with E-state index in [1.807, 2.05) is 48.5 Å². The molecule has 226 valence electrons. The van der Waals surface area contributed by atoms with E-state index in [4.69, 9.17) is 9.90 Å². The Balaban J connectivity index is -0.000000537. The van der Waals surface area contributed by atoms with Crippen molar-refractivity contribution in [3.05, 3.63) is 69.9 Å². The Morgan fingerprint density at radius 1 is 0.667 bits per heavy atom. The first kappa shape index (κ1) is 43.3. The fraction of sp³-hybridized carbons (Fsp3) is 0.571. The van der Waals surface area contributed by atoms with E-state index in [-0.39, 0.29) is 11.5 Å². The molecule has 0 aliphatic heterocycles. The molecule has 0 aliphatic carbocycles. The molecule has 0 saturated carbocycles. The van der Waals surface area contributed by atoms with E-state index in [9.17, 15) is 10.2 Å². The van der Waals surface area contributed by atoms with Crippen LogP contribution in [0.15, 0.2) is 58.7 Å². The predicted molar refractivity (Wildman–Crippen MR) is 174 cm³/mol. The van der Waals surface area contributed by atoms with Crippen LogP contribution in [0.2, 0.25) is 0 Å². The minimum Gasteiger partial charge on any atom is -0.508 e. The van der Waals surface area contributed by atoms with Crippen LogP contribution in [-0.2, 0) is 11.2 Å². The lowest BCUT2D eigenvalue weighted by molar-refractivity contribution is -0.134. The van der Waals surface area contributed by atoms with Crippen LogP contribution in [0.4, 0.5) is 0 Å². The monoisotopic (exact) mass is 546 g/mol. The van der Waals surface area contributed by atoms with Gasteiger partial charge < -0.3 is 15.3 Å². The molecule has 0 fully saturated rings. The molecule has 0 heterocycles. The van der Waals surface area contributed by atoms with Crippen molar-refractivity contribution in [1.82, 2.24) is 0 Å². The topological polar surface area (TPSA) is 77.8 Å². The van der Waals surface area contributed by atoms with E-state index in [1.54, 1.807) is 12.1 Å². The second kappa shape index (κ2) is 29.8. The number of hydrogen-bond acceptors (Lipinski definition) is 3. The van der Waals surface area contributed by atoms with E-state index in [1.165, 1.54) is 22.3 Å². The molecule has 0 radical (unpaired) electrons. The number of hydrogen-bond donors (Lipinski definition) is 3. The zero-order valence-corrected chi connectivity index (χ0v) is 27.7. The zero-order valence-electron chi connectivity index (χ0n) is 27.7. The van der Waals surface area contributed by atoms with Gasteiger partial charge in [0.25, 0.3) is 5.97 Å². The summed E-state index contributed by atoms with van der Waals surface area (Å²) in [6, 6.07) is 3.23. The van der Waals surface area contributed by atoms with Gasteiger partial charge in [0.2, 0.25) is 0 Å². The summed E-state index contributed by atoms with van der Waals surface area (Å²) in [5.74, 6) is -0.340. The maximum atomic E-state index is 10.1. The number of rotatable bonds is 11. The maximum Gasteiger partial charge on any atom is 0.300 e. The van der Waals surface area contributed by atoms with Crippen molar-refractivity contribution >= 4 is 5.97 Å². The number of aryl methyl sites for hydroxylation is 1. The maximum absolute atomic E-state index is 10.1. The number of carbonyl (C=O) groups is 1. The SMILES string of the molecule is CC.CC.CC.CC(=O)O.CC(C)=CCC/C(C)=C/CC/C(C)=C/CC/C(C)=C/Cc1cc(O)cc(C)c1O. The van der Waals surface area contributed by atoms with Crippen LogP contribution in [0.3, 0.4) is 0 Å². The number of allylic oxidation sites excluding steroid dienone is 8. The fourth-order valence-corrected chi connectivity index (χ4v) is 3.26. The van der Waals surface area contributed by atoms with Crippen LogP contribution in [0.5, 0.6) is 11.5 Å². The average molecular weight is 547 g/mol. The Bertz CT molecular complexity index is 863. The molecule has 0 bridgehead atoms. The molecule has 4 nitrogen and oxygen atoms in total. The Labute approximate surface area is 242 Å². The Kier molecular flexibility index (Phi) is 33.1. The number of aromatic hydroxyl groups is 2. The summed E-state index contributed by atoms with van der Waals surface area (Å²) in [5, 5.41) is 27.2. The summed E-state index contributed by atoms with van der Waals surface area (Å²) < 4.78 is 0. The molecular weight excluding hydrogens is 484 g/mol. The largest absolute Gasteiger partial charge is 0.508 e. The third kappa shape index (κ3) is 29.7. The van der Waals surface area contributed by atoms with Gasteiger partial charge in [-0.2, -0.15) is 0 Å². The minimum absolute atomic E-state index is 0.209. The summed E-state index contributed by atoms with van der Waals surface area (Å²) >= 11 is 0. The lowest BCUT2D eigenvalue weighted by atomic mass is 10.0. The molecule has 0 atom stereocenters. The second-order valence-corrected chi connectivity index (χ2v) is 9.04. The Morgan fingerprint density at radius 2 is 1.03 bits per heavy atom. The Morgan fingerprint density at radius 3 is 1.41 bits per heavy atom. The highest BCUT2D eigenvalue weighted by molar-refractivity contribution is 5.62. The first-order valence-corrected chi connectivity index (χ1v) is 14.7. The van der Waals surface area contributed by atoms with Gasteiger partial charge in [-0.3, -0.25) is 4.79 Å². The zero-order chi connectivity index (χ0) is 31.4. The van der Waals surface area contributed by atoms with Gasteiger partial charge in [-0.05, 0) is 104 Å². The van der Waals surface area contributed by atoms with Crippen molar-refractivity contribution in [3.63, 3.8) is 0 Å². The second-order valence-electron chi connectivity index (χ2n) is 9.04. The summed E-state index contributed by atoms with van der Waals surface area (Å²) in [4.78, 5) is 9.00. The molecule has 0 aliphatic rings. The van der Waals surface area contributed by atoms with Crippen molar-refractivity contribution in [1.29, 1.82) is 0 Å². The van der Waals surface area contributed by atoms with E-state index in [0.29, 0.717) is 12.0 Å². The van der Waals surface area contributed by atoms with Crippen molar-refractivity contribution < 1.29 is 20.1 Å². The van der Waals surface area contributed by atoms with E-state index in [2.05, 4.69) is 58.9 Å². The van der Waals surface area contributed by atoms with Crippen LogP contribution < -0.4 is 0 Å². The van der Waals surface area contributed by atoms with Gasteiger partial charge in [-0.1, -0.05) is 88.1 Å². The van der Waals surface area contributed by atoms with Crippen molar-refractivity contribution in [3.8, 4) is 11.5 Å². The van der Waals surface area contributed by atoms with Crippen LogP contribution in [0.1, 0.15) is 133 Å². The molecular formula is C35H62O4. The highest BCUT2D eigenvalue weighted by Crippen LogP contribution is 2.28. The highest BCUT2D eigenvalue weighted by Gasteiger charge is 2.05. The van der Waals surface area contributed by atoms with E-state index in [0.717, 1.165) is 51.0 Å². The molecule has 39 heavy (non-hydrogen) atoms. The number of benzene rings is 1. The molecule has 4 heteroatoms. The minimum atomic E-state index is -0.833. The molecule has 0 spiro atoms. The van der Waals surface area contributed by atoms with Crippen LogP contribution in [0, 0.1) is 6.92 Å². The van der Waals surface area contributed by atoms with Crippen molar-refractivity contribution in [2.45, 2.75) is 135 Å². The van der Waals surface area contributed by atoms with Gasteiger partial charge in [0.05, 0.1) is 0 Å². The lowest BCUT2D eigenvalue weighted by Crippen LogP contribution is -1.88. The Hall–Kier alpha value is -2.75. The number of carboxylic acid groups (broad SMARTS) is 1. The normalized spacial score (nSPS) is 10.7. The molecule has 0 unspecified atom stereocenters. The lowest BCUT2D eigenvalue weighted by Gasteiger charge is -2.07. The summed E-state index contributed by atoms with van der Waals surface area (Å²) in [5.41, 5.74) is 7.14. The van der Waals surface area contributed by atoms with Crippen molar-refractivity contribution in [2.24, 2.45) is 0 Å². The van der Waals surface area contributed by atoms with Gasteiger partial charge in [0.1, 0.15) is 11.5 Å². The van der Waals surface area contributed by atoms with Crippen molar-refractivity contribution in [2.75, 3.05) is 0 Å². The molecule has 0 amide bonds. The summed E-state index contributed by atoms with van der Waals surface area (Å²) in [7, 11) is 0. The first-order valence-electron chi connectivity index (χ1n) is 14.7. The third-order valence-electron chi connectivity index (χ3n) is 5.19. The van der Waals surface area contributed by atoms with Gasteiger partial charge in [0.15, 0.2) is 0 Å². The smallest absolute Gasteiger partial charge is 0.300 e. The van der Waals surface area contributed by atoms with Crippen LogP contribution in [0.25, 0.3) is 0 Å². The molecule has 3 N–H and O–H groups in total. The molecule has 1 aromatic rings. The van der Waals surface area contributed by atoms with Crippen LogP contribution >= 0.6 is 0 Å². The average Bonchev–Trinajstić information content (AvgIpc) is 2.88. The van der Waals surface area contributed by atoms with E-state index >= 15 is 0 Å². The number of aliphatic carboxylic acids is 1. The number of phenolic OH excluding ortho intramolecular Hbond substituents is 2. The van der Waals surface area contributed by atoms with Gasteiger partial charge in [-0.15, -0.1) is 0 Å². The standard InChI is InChI=1S/C27H40O2.C2H4O2.3C2H6/c1-20(2)10-7-11-21(3)12-8-13-22(4)14-9-15-23(5)16-17-25-19-26(28)18-24(6)27(25)29;1-2(3)4;3*1-2/h10,12,14,16,18-19,28-29H,7-9,11,13,15,17H2,1-6H3;1H3,(H,3,4);3*1-2H3/b21-12+,22-14+,23-16+;;;;. The van der Waals surface area contributed by atoms with Gasteiger partial charge in [0, 0.05) is 12.5 Å².